The summed E-state index contributed by atoms with van der Waals surface area (Å²) in [5.74, 6) is 0.767. The summed E-state index contributed by atoms with van der Waals surface area (Å²) in [4.78, 5) is 61.1. The average molecular weight is 1930 g/mol. The molecule has 17 rings (SSSR count). The third-order valence-electron chi connectivity index (χ3n) is 15.9. The molecule has 35 nitrogen and oxygen atoms in total. The summed E-state index contributed by atoms with van der Waals surface area (Å²) < 4.78 is 169. The van der Waals surface area contributed by atoms with Crippen LogP contribution in [0, 0.1) is 0 Å². The Morgan fingerprint density at radius 3 is 0.879 bits per heavy atom. The fraction of sp³-hybridized carbons (Fsp3) is 0.0395. The number of nitrogens with zero attached hydrogens (tertiary/aromatic N) is 15. The van der Waals surface area contributed by atoms with E-state index in [1.165, 1.54) is 93.2 Å². The van der Waals surface area contributed by atoms with E-state index in [2.05, 4.69) is 103 Å². The Morgan fingerprint density at radius 2 is 0.573 bits per heavy atom. The minimum atomic E-state index is -3.91. The highest BCUT2D eigenvalue weighted by Crippen LogP contribution is 2.33. The summed E-state index contributed by atoms with van der Waals surface area (Å²) in [6.07, 6.45) is 7.80. The van der Waals surface area contributed by atoms with E-state index in [1.54, 1.807) is 176 Å². The van der Waals surface area contributed by atoms with Crippen LogP contribution < -0.4 is 37.8 Å². The lowest BCUT2D eigenvalue weighted by Gasteiger charge is -2.11. The molecule has 0 spiro atoms. The van der Waals surface area contributed by atoms with Crippen LogP contribution in [0.4, 0.5) is 34.9 Å². The Labute approximate surface area is 740 Å². The van der Waals surface area contributed by atoms with Gasteiger partial charge in [-0.25, -0.2) is 110 Å². The van der Waals surface area contributed by atoms with Gasteiger partial charge in [-0.2, -0.15) is 0 Å². The molecule has 9 aromatic heterocycles. The van der Waals surface area contributed by atoms with Crippen LogP contribution in [0.3, 0.4) is 0 Å². The van der Waals surface area contributed by atoms with Gasteiger partial charge in [-0.05, 0) is 133 Å². The van der Waals surface area contributed by atoms with Crippen molar-refractivity contribution in [3.05, 3.63) is 286 Å². The van der Waals surface area contributed by atoms with Gasteiger partial charge in [0.05, 0.1) is 108 Å². The number of thiazole rings is 1. The predicted molar refractivity (Wildman–Crippen MR) is 476 cm³/mol. The summed E-state index contributed by atoms with van der Waals surface area (Å²) in [6, 6.07) is 60.3. The van der Waals surface area contributed by atoms with Crippen LogP contribution in [0.15, 0.2) is 279 Å². The Balaban J connectivity index is 0.000000136. The maximum absolute atomic E-state index is 12.6. The zero-order valence-electron chi connectivity index (χ0n) is 63.3. The predicted octanol–water partition coefficient (Wildman–Crippen LogP) is 15.3. The summed E-state index contributed by atoms with van der Waals surface area (Å²) >= 11 is 36.8. The molecule has 0 aliphatic carbocycles. The van der Waals surface area contributed by atoms with Gasteiger partial charge < -0.3 is 9.47 Å². The molecular formula is C76H57Cl6N21O14S7. The van der Waals surface area contributed by atoms with Crippen LogP contribution in [-0.2, 0) is 60.1 Å². The number of benzene rings is 8. The van der Waals surface area contributed by atoms with Crippen molar-refractivity contribution in [2.45, 2.75) is 23.8 Å². The van der Waals surface area contributed by atoms with Crippen molar-refractivity contribution in [3.8, 4) is 11.5 Å². The van der Waals surface area contributed by atoms with Gasteiger partial charge in [0, 0.05) is 24.8 Å². The third kappa shape index (κ3) is 23.7. The molecule has 0 fully saturated rings. The van der Waals surface area contributed by atoms with Gasteiger partial charge in [-0.3, -0.25) is 43.3 Å². The molecule has 0 saturated carbocycles. The number of anilines is 6. The van der Waals surface area contributed by atoms with Crippen molar-refractivity contribution in [1.82, 2.24) is 74.8 Å². The highest BCUT2D eigenvalue weighted by atomic mass is 35.5. The van der Waals surface area contributed by atoms with Crippen LogP contribution in [0.5, 0.6) is 11.5 Å². The van der Waals surface area contributed by atoms with E-state index in [9.17, 15) is 50.5 Å². The van der Waals surface area contributed by atoms with Crippen molar-refractivity contribution in [2.24, 2.45) is 0 Å². The Bertz CT molecular complexity index is 7390. The standard InChI is InChI=1S/2C15H12ClN3O3S.2C13H9ClN4O2S.C11H7ClN4O2S2.C9H8ClN3O2S/c1-22-12-8-4-5-9-13(12)23(20,21)19-15-14(16)17-10-6-2-3-7-11(10)18-15;1-22-10-6-8-11(9-7-10)23(20,21)19-15-14(16)17-12-4-2-3-5-13(12)18-15;14-12-13(17-11-6-2-1-5-10(11)16-12)18-21(19,20)9-4-3-7-15-8-9;14-12-13(17-11-4-2-1-3-10(11)16-12)18-21(19,20)9-5-7-15-8-6-9;12-10-11(15-8-4-2-1-3-7(8)14-10)16-20(17,18)9-5-13-6-19-9;1-16(14,15)13-9-8(10)11-6-4-2-3-5-7(6)12-9/h2*2-9H,1H3,(H,18,19);2*1-8H,(H,17,18);1-6H,(H,15,16);2-5H,1H3,(H,12,13). The van der Waals surface area contributed by atoms with E-state index in [4.69, 9.17) is 79.1 Å². The summed E-state index contributed by atoms with van der Waals surface area (Å²) in [7, 11) is -19.6. The number of sulfonamides is 6. The zero-order valence-corrected chi connectivity index (χ0v) is 73.5. The monoisotopic (exact) mass is 1920 g/mol. The molecule has 0 unspecified atom stereocenters. The van der Waals surface area contributed by atoms with Crippen LogP contribution >= 0.6 is 80.9 Å². The first kappa shape index (κ1) is 90.8. The minimum absolute atomic E-state index is 0.00114. The van der Waals surface area contributed by atoms with E-state index in [0.29, 0.717) is 71.9 Å². The number of aromatic nitrogens is 15. The Kier molecular flexibility index (Phi) is 29.2. The van der Waals surface area contributed by atoms with Crippen LogP contribution in [0.25, 0.3) is 66.2 Å². The van der Waals surface area contributed by atoms with Crippen LogP contribution in [-0.4, -0.2) is 146 Å². The fourth-order valence-corrected chi connectivity index (χ4v) is 18.2. The molecule has 9 heterocycles. The van der Waals surface area contributed by atoms with Crippen LogP contribution in [0.1, 0.15) is 0 Å². The molecule has 0 amide bonds. The summed E-state index contributed by atoms with van der Waals surface area (Å²) in [6.45, 7) is 0. The second-order valence-electron chi connectivity index (χ2n) is 24.5. The van der Waals surface area contributed by atoms with E-state index < -0.39 is 60.1 Å². The van der Waals surface area contributed by atoms with Gasteiger partial charge in [0.15, 0.2) is 70.0 Å². The number of ether oxygens (including phenoxy) is 2. The van der Waals surface area contributed by atoms with E-state index in [0.717, 1.165) is 17.6 Å². The zero-order chi connectivity index (χ0) is 88.6. The lowest BCUT2D eigenvalue weighted by Crippen LogP contribution is -2.15. The largest absolute Gasteiger partial charge is 0.497 e. The van der Waals surface area contributed by atoms with E-state index in [-0.39, 0.29) is 95.4 Å². The first-order valence-corrected chi connectivity index (χ1v) is 47.2. The maximum Gasteiger partial charge on any atom is 0.274 e. The van der Waals surface area contributed by atoms with Gasteiger partial charge in [-0.15, -0.1) is 11.3 Å². The van der Waals surface area contributed by atoms with Crippen molar-refractivity contribution < 1.29 is 60.0 Å². The third-order valence-corrected chi connectivity index (χ3v) is 26.1. The number of methoxy groups -OCH3 is 2. The first-order chi connectivity index (χ1) is 59.1. The number of nitrogens with one attached hydrogen (secondary N) is 6. The number of pyridine rings is 2. The van der Waals surface area contributed by atoms with Crippen molar-refractivity contribution >= 4 is 242 Å². The highest BCUT2D eigenvalue weighted by molar-refractivity contribution is 7.95. The molecule has 0 aliphatic heterocycles. The minimum Gasteiger partial charge on any atom is -0.497 e. The molecule has 17 aromatic rings. The molecule has 634 valence electrons. The van der Waals surface area contributed by atoms with Crippen LogP contribution in [0.2, 0.25) is 30.9 Å². The molecule has 0 bridgehead atoms. The average Bonchev–Trinajstić information content (AvgIpc) is 0.888. The SMILES string of the molecule is COc1ccc(S(=O)(=O)Nc2nc3ccccc3nc2Cl)cc1.COc1ccccc1S(=O)(=O)Nc1nc2ccccc2nc1Cl.CS(=O)(=O)Nc1nc2ccccc2nc1Cl.O=S(=O)(Nc1nc2ccccc2nc1Cl)c1cccnc1.O=S(=O)(Nc1nc2ccccc2nc1Cl)c1ccncc1.O=S(=O)(Nc1nc2ccccc2nc1Cl)c1cncs1. The van der Waals surface area contributed by atoms with Gasteiger partial charge in [0.1, 0.15) is 21.3 Å². The number of hydrogen-bond donors (Lipinski definition) is 6. The van der Waals surface area contributed by atoms with Crippen molar-refractivity contribution in [3.63, 3.8) is 0 Å². The van der Waals surface area contributed by atoms with Gasteiger partial charge >= 0.3 is 0 Å². The quantitative estimate of drug-likeness (QED) is 0.0438. The Morgan fingerprint density at radius 1 is 0.274 bits per heavy atom. The number of rotatable bonds is 19. The molecule has 0 aliphatic rings. The first-order valence-electron chi connectivity index (χ1n) is 34.8. The second-order valence-corrected chi connectivity index (χ2v) is 37.9. The summed E-state index contributed by atoms with van der Waals surface area (Å²) in [5.41, 5.74) is 8.31. The molecule has 124 heavy (non-hydrogen) atoms. The topological polar surface area (TPSA) is 489 Å². The van der Waals surface area contributed by atoms with E-state index >= 15 is 0 Å². The molecule has 0 saturated heterocycles. The molecule has 0 radical (unpaired) electrons. The number of halogens is 6. The molecule has 8 aromatic carbocycles. The molecule has 48 heteroatoms. The normalized spacial score (nSPS) is 11.5. The lowest BCUT2D eigenvalue weighted by molar-refractivity contribution is 0.403. The number of hydrogen-bond acceptors (Lipinski definition) is 30. The smallest absolute Gasteiger partial charge is 0.274 e. The number of fused-ring (bicyclic) bond motifs is 6. The van der Waals surface area contributed by atoms with Gasteiger partial charge in [0.25, 0.3) is 50.1 Å². The lowest BCUT2D eigenvalue weighted by atomic mass is 10.3. The van der Waals surface area contributed by atoms with Crippen molar-refractivity contribution in [2.75, 3.05) is 48.8 Å². The Hall–Kier alpha value is -12.4. The number of para-hydroxylation sites is 13. The summed E-state index contributed by atoms with van der Waals surface area (Å²) in [5, 5.41) is -0.0311. The molecule has 6 N–H and O–H groups in total. The van der Waals surface area contributed by atoms with Gasteiger partial charge in [-0.1, -0.05) is 155 Å². The second kappa shape index (κ2) is 39.8. The van der Waals surface area contributed by atoms with Crippen molar-refractivity contribution in [1.29, 1.82) is 0 Å². The molecule has 0 atom stereocenters. The fourth-order valence-electron chi connectivity index (χ4n) is 10.3. The molecular weight excluding hydrogens is 1870 g/mol. The van der Waals surface area contributed by atoms with Gasteiger partial charge in [0.2, 0.25) is 10.0 Å². The maximum atomic E-state index is 12.6. The van der Waals surface area contributed by atoms with E-state index in [1.807, 2.05) is 0 Å². The highest BCUT2D eigenvalue weighted by Gasteiger charge is 2.26.